The smallest absolute Gasteiger partial charge is 0.261 e. The summed E-state index contributed by atoms with van der Waals surface area (Å²) >= 11 is 0. The fraction of sp³-hybridized carbons (Fsp3) is 0.125. The van der Waals surface area contributed by atoms with Crippen molar-refractivity contribution in [2.45, 2.75) is 11.8 Å². The lowest BCUT2D eigenvalue weighted by Gasteiger charge is -2.12. The van der Waals surface area contributed by atoms with Gasteiger partial charge in [-0.15, -0.1) is 0 Å². The van der Waals surface area contributed by atoms with Crippen LogP contribution in [0.1, 0.15) is 15.9 Å². The lowest BCUT2D eigenvalue weighted by Crippen LogP contribution is -2.14. The summed E-state index contributed by atoms with van der Waals surface area (Å²) in [4.78, 5) is 12.7. The molecule has 0 saturated carbocycles. The number of anilines is 2. The van der Waals surface area contributed by atoms with E-state index in [2.05, 4.69) is 10.0 Å². The summed E-state index contributed by atoms with van der Waals surface area (Å²) in [6, 6.07) is 18.3. The van der Waals surface area contributed by atoms with Crippen molar-refractivity contribution in [3.63, 3.8) is 0 Å². The Balaban J connectivity index is 1.74. The van der Waals surface area contributed by atoms with Crippen LogP contribution in [-0.2, 0) is 10.0 Å². The Morgan fingerprint density at radius 2 is 1.53 bits per heavy atom. The van der Waals surface area contributed by atoms with Crippen molar-refractivity contribution in [3.05, 3.63) is 90.1 Å². The van der Waals surface area contributed by atoms with E-state index >= 15 is 0 Å². The first-order valence-corrected chi connectivity index (χ1v) is 11.2. The van der Waals surface area contributed by atoms with Crippen molar-refractivity contribution >= 4 is 27.2 Å². The number of allylic oxidation sites excluding steroid dienone is 1. The molecule has 0 aliphatic rings. The van der Waals surface area contributed by atoms with Crippen LogP contribution in [0.25, 0.3) is 0 Å². The van der Waals surface area contributed by atoms with Crippen molar-refractivity contribution in [1.82, 2.24) is 0 Å². The molecule has 0 fully saturated rings. The van der Waals surface area contributed by atoms with Gasteiger partial charge >= 0.3 is 0 Å². The van der Waals surface area contributed by atoms with Gasteiger partial charge in [-0.1, -0.05) is 29.8 Å². The molecule has 0 spiro atoms. The monoisotopic (exact) mass is 452 g/mol. The number of nitrogens with one attached hydrogen (secondary N) is 2. The molecule has 3 rings (SSSR count). The van der Waals surface area contributed by atoms with Crippen LogP contribution in [0.5, 0.6) is 11.5 Å². The maximum Gasteiger partial charge on any atom is 0.261 e. The van der Waals surface area contributed by atoms with Gasteiger partial charge in [0.05, 0.1) is 30.5 Å². The van der Waals surface area contributed by atoms with Crippen LogP contribution in [0.2, 0.25) is 0 Å². The summed E-state index contributed by atoms with van der Waals surface area (Å²) in [5.74, 6) is 0.729. The summed E-state index contributed by atoms with van der Waals surface area (Å²) in [5, 5.41) is 2.96. The van der Waals surface area contributed by atoms with Crippen LogP contribution in [0.4, 0.5) is 11.4 Å². The zero-order chi connectivity index (χ0) is 23.1. The van der Waals surface area contributed by atoms with E-state index in [9.17, 15) is 13.2 Å². The molecule has 0 bridgehead atoms. The largest absolute Gasteiger partial charge is 0.493 e. The third kappa shape index (κ3) is 5.47. The Morgan fingerprint density at radius 1 is 0.875 bits per heavy atom. The molecule has 0 aliphatic heterocycles. The summed E-state index contributed by atoms with van der Waals surface area (Å²) in [5.41, 5.74) is 2.25. The van der Waals surface area contributed by atoms with Gasteiger partial charge in [-0.05, 0) is 49.4 Å². The molecule has 166 valence electrons. The van der Waals surface area contributed by atoms with Gasteiger partial charge in [0.2, 0.25) is 0 Å². The van der Waals surface area contributed by atoms with Gasteiger partial charge in [0.25, 0.3) is 10.0 Å². The van der Waals surface area contributed by atoms with E-state index in [-0.39, 0.29) is 10.7 Å². The summed E-state index contributed by atoms with van der Waals surface area (Å²) in [7, 11) is -0.738. The highest BCUT2D eigenvalue weighted by molar-refractivity contribution is 7.92. The SMILES string of the molecule is COc1ccc(C(=O)/C=C\Nc2ccccc2NS(=O)(=O)c2ccc(C)cc2)cc1OC. The van der Waals surface area contributed by atoms with Crippen molar-refractivity contribution < 1.29 is 22.7 Å². The van der Waals surface area contributed by atoms with Gasteiger partial charge in [0.1, 0.15) is 0 Å². The third-order valence-corrected chi connectivity index (χ3v) is 6.03. The van der Waals surface area contributed by atoms with Crippen molar-refractivity contribution in [1.29, 1.82) is 0 Å². The Morgan fingerprint density at radius 3 is 2.19 bits per heavy atom. The number of hydrogen-bond donors (Lipinski definition) is 2. The lowest BCUT2D eigenvalue weighted by molar-refractivity contribution is 0.104. The second kappa shape index (κ2) is 10.0. The predicted molar refractivity (Wildman–Crippen MR) is 125 cm³/mol. The molecule has 0 atom stereocenters. The standard InChI is InChI=1S/C24H24N2O5S/c1-17-8-11-19(12-9-17)32(28,29)26-21-7-5-4-6-20(21)25-15-14-22(27)18-10-13-23(30-2)24(16-18)31-3/h4-16,25-26H,1-3H3/b15-14-. The van der Waals surface area contributed by atoms with Gasteiger partial charge in [0.15, 0.2) is 17.3 Å². The maximum absolute atomic E-state index is 12.7. The molecule has 3 aromatic carbocycles. The molecule has 0 heterocycles. The predicted octanol–water partition coefficient (Wildman–Crippen LogP) is 4.62. The molecule has 3 aromatic rings. The quantitative estimate of drug-likeness (QED) is 0.363. The van der Waals surface area contributed by atoms with Gasteiger partial charge in [-0.2, -0.15) is 0 Å². The summed E-state index contributed by atoms with van der Waals surface area (Å²) in [6.45, 7) is 1.89. The topological polar surface area (TPSA) is 93.7 Å². The summed E-state index contributed by atoms with van der Waals surface area (Å²) < 4.78 is 38.4. The van der Waals surface area contributed by atoms with E-state index in [4.69, 9.17) is 9.47 Å². The van der Waals surface area contributed by atoms with Crippen LogP contribution in [-0.4, -0.2) is 28.4 Å². The first kappa shape index (κ1) is 22.9. The van der Waals surface area contributed by atoms with Gasteiger partial charge in [0, 0.05) is 17.8 Å². The number of rotatable bonds is 9. The van der Waals surface area contributed by atoms with Crippen LogP contribution in [0, 0.1) is 6.92 Å². The number of sulfonamides is 1. The van der Waals surface area contributed by atoms with E-state index in [0.717, 1.165) is 5.56 Å². The number of para-hydroxylation sites is 2. The van der Waals surface area contributed by atoms with Crippen molar-refractivity contribution in [2.75, 3.05) is 24.3 Å². The Kier molecular flexibility index (Phi) is 7.17. The first-order chi connectivity index (χ1) is 15.3. The van der Waals surface area contributed by atoms with E-state index in [1.807, 2.05) is 6.92 Å². The fourth-order valence-corrected chi connectivity index (χ4v) is 3.99. The highest BCUT2D eigenvalue weighted by atomic mass is 32.2. The third-order valence-electron chi connectivity index (χ3n) is 4.64. The Labute approximate surface area is 187 Å². The molecular weight excluding hydrogens is 428 g/mol. The molecule has 0 unspecified atom stereocenters. The van der Waals surface area contributed by atoms with E-state index in [0.29, 0.717) is 28.4 Å². The number of hydrogen-bond acceptors (Lipinski definition) is 6. The molecular formula is C24H24N2O5S. The number of ketones is 1. The van der Waals surface area contributed by atoms with E-state index in [1.165, 1.54) is 26.5 Å². The van der Waals surface area contributed by atoms with Crippen LogP contribution < -0.4 is 19.5 Å². The fourth-order valence-electron chi connectivity index (χ4n) is 2.91. The number of ether oxygens (including phenoxy) is 2. The normalized spacial score (nSPS) is 11.2. The average molecular weight is 453 g/mol. The van der Waals surface area contributed by atoms with Crippen molar-refractivity contribution in [3.8, 4) is 11.5 Å². The molecule has 0 aliphatic carbocycles. The second-order valence-electron chi connectivity index (χ2n) is 6.88. The van der Waals surface area contributed by atoms with Crippen LogP contribution in [0.3, 0.4) is 0 Å². The highest BCUT2D eigenvalue weighted by Crippen LogP contribution is 2.28. The van der Waals surface area contributed by atoms with Crippen LogP contribution >= 0.6 is 0 Å². The van der Waals surface area contributed by atoms with E-state index in [1.54, 1.807) is 66.7 Å². The van der Waals surface area contributed by atoms with Gasteiger partial charge < -0.3 is 14.8 Å². The van der Waals surface area contributed by atoms with Gasteiger partial charge in [-0.3, -0.25) is 9.52 Å². The van der Waals surface area contributed by atoms with Crippen LogP contribution in [0.15, 0.2) is 83.9 Å². The van der Waals surface area contributed by atoms with Gasteiger partial charge in [-0.25, -0.2) is 8.42 Å². The molecule has 0 aromatic heterocycles. The molecule has 2 N–H and O–H groups in total. The molecule has 0 saturated heterocycles. The number of carbonyl (C=O) groups excluding carboxylic acids is 1. The number of benzene rings is 3. The molecule has 7 nitrogen and oxygen atoms in total. The zero-order valence-corrected chi connectivity index (χ0v) is 18.8. The summed E-state index contributed by atoms with van der Waals surface area (Å²) in [6.07, 6.45) is 2.81. The average Bonchev–Trinajstić information content (AvgIpc) is 2.79. The molecule has 32 heavy (non-hydrogen) atoms. The molecule has 8 heteroatoms. The highest BCUT2D eigenvalue weighted by Gasteiger charge is 2.15. The Hall–Kier alpha value is -3.78. The van der Waals surface area contributed by atoms with E-state index < -0.39 is 10.0 Å². The zero-order valence-electron chi connectivity index (χ0n) is 18.0. The number of aryl methyl sites for hydroxylation is 1. The minimum absolute atomic E-state index is 0.164. The number of methoxy groups -OCH3 is 2. The Bertz CT molecular complexity index is 1240. The second-order valence-corrected chi connectivity index (χ2v) is 8.56. The molecule has 0 amide bonds. The molecule has 0 radical (unpaired) electrons. The van der Waals surface area contributed by atoms with Crippen molar-refractivity contribution in [2.24, 2.45) is 0 Å². The maximum atomic E-state index is 12.7. The minimum Gasteiger partial charge on any atom is -0.493 e. The lowest BCUT2D eigenvalue weighted by atomic mass is 10.1. The first-order valence-electron chi connectivity index (χ1n) is 9.72. The number of carbonyl (C=O) groups is 1. The minimum atomic E-state index is -3.76.